The van der Waals surface area contributed by atoms with Crippen molar-refractivity contribution >= 4 is 45.8 Å². The van der Waals surface area contributed by atoms with E-state index in [4.69, 9.17) is 16.3 Å². The second kappa shape index (κ2) is 7.63. The number of aryl methyl sites for hydroxylation is 1. The SMILES string of the molecule is CCOC(=O)c1cnc2c(C)c(Cl)ccc2c1Nc1ccc(C(=O)[O-])cc1. The first-order chi connectivity index (χ1) is 12.9. The number of hydrogen-bond acceptors (Lipinski definition) is 6. The highest BCUT2D eigenvalue weighted by atomic mass is 35.5. The molecule has 1 N–H and O–H groups in total. The maximum atomic E-state index is 12.4. The van der Waals surface area contributed by atoms with E-state index in [9.17, 15) is 14.7 Å². The fraction of sp³-hybridized carbons (Fsp3) is 0.150. The van der Waals surface area contributed by atoms with Gasteiger partial charge >= 0.3 is 5.97 Å². The Bertz CT molecular complexity index is 1030. The number of benzene rings is 2. The molecule has 1 aromatic heterocycles. The molecule has 7 heteroatoms. The Morgan fingerprint density at radius 2 is 1.89 bits per heavy atom. The van der Waals surface area contributed by atoms with Gasteiger partial charge < -0.3 is 20.0 Å². The molecule has 27 heavy (non-hydrogen) atoms. The molecule has 3 aromatic rings. The number of carbonyl (C=O) groups is 2. The van der Waals surface area contributed by atoms with Crippen LogP contribution in [0.1, 0.15) is 33.2 Å². The third kappa shape index (κ3) is 3.71. The van der Waals surface area contributed by atoms with Gasteiger partial charge in [0.2, 0.25) is 0 Å². The van der Waals surface area contributed by atoms with Crippen molar-refractivity contribution in [3.63, 3.8) is 0 Å². The van der Waals surface area contributed by atoms with Crippen molar-refractivity contribution in [2.75, 3.05) is 11.9 Å². The lowest BCUT2D eigenvalue weighted by atomic mass is 10.1. The average Bonchev–Trinajstić information content (AvgIpc) is 2.65. The van der Waals surface area contributed by atoms with E-state index >= 15 is 0 Å². The topological polar surface area (TPSA) is 91.3 Å². The van der Waals surface area contributed by atoms with E-state index in [0.717, 1.165) is 5.56 Å². The molecular formula is C20H16ClN2O4-. The number of rotatable bonds is 5. The standard InChI is InChI=1S/C20H17ClN2O4/c1-3-27-20(26)15-10-22-17-11(2)16(21)9-8-14(17)18(15)23-13-6-4-12(5-7-13)19(24)25/h4-10H,3H2,1-2H3,(H,22,23)(H,24,25)/p-1. The molecule has 0 fully saturated rings. The van der Waals surface area contributed by atoms with Gasteiger partial charge in [-0.25, -0.2) is 4.79 Å². The molecule has 2 aromatic carbocycles. The number of nitrogens with one attached hydrogen (secondary N) is 1. The molecule has 0 saturated heterocycles. The monoisotopic (exact) mass is 383 g/mol. The lowest BCUT2D eigenvalue weighted by molar-refractivity contribution is -0.255. The highest BCUT2D eigenvalue weighted by Gasteiger charge is 2.18. The van der Waals surface area contributed by atoms with Gasteiger partial charge in [0.15, 0.2) is 0 Å². The van der Waals surface area contributed by atoms with Crippen LogP contribution in [-0.2, 0) is 4.74 Å². The molecular weight excluding hydrogens is 368 g/mol. The van der Waals surface area contributed by atoms with E-state index in [-0.39, 0.29) is 17.7 Å². The van der Waals surface area contributed by atoms with Gasteiger partial charge in [-0.05, 0) is 49.2 Å². The van der Waals surface area contributed by atoms with Gasteiger partial charge in [0.25, 0.3) is 0 Å². The fourth-order valence-electron chi connectivity index (χ4n) is 2.71. The Balaban J connectivity index is 2.14. The van der Waals surface area contributed by atoms with E-state index < -0.39 is 11.9 Å². The van der Waals surface area contributed by atoms with Crippen molar-refractivity contribution < 1.29 is 19.4 Å². The molecule has 0 unspecified atom stereocenters. The van der Waals surface area contributed by atoms with Crippen molar-refractivity contribution in [3.8, 4) is 0 Å². The molecule has 1 heterocycles. The summed E-state index contributed by atoms with van der Waals surface area (Å²) in [4.78, 5) is 27.7. The molecule has 0 spiro atoms. The minimum Gasteiger partial charge on any atom is -0.545 e. The Hall–Kier alpha value is -3.12. The molecule has 0 aliphatic rings. The van der Waals surface area contributed by atoms with Crippen LogP contribution in [0.25, 0.3) is 10.9 Å². The Morgan fingerprint density at radius 1 is 1.19 bits per heavy atom. The highest BCUT2D eigenvalue weighted by molar-refractivity contribution is 6.32. The number of aromatic carboxylic acids is 1. The molecule has 0 radical (unpaired) electrons. The normalized spacial score (nSPS) is 10.6. The molecule has 0 amide bonds. The number of carboxylic acids is 1. The molecule has 6 nitrogen and oxygen atoms in total. The molecule has 0 bridgehead atoms. The maximum absolute atomic E-state index is 12.4. The average molecular weight is 384 g/mol. The number of anilines is 2. The van der Waals surface area contributed by atoms with E-state index in [1.165, 1.54) is 18.3 Å². The highest BCUT2D eigenvalue weighted by Crippen LogP contribution is 2.33. The van der Waals surface area contributed by atoms with Crippen molar-refractivity contribution in [2.45, 2.75) is 13.8 Å². The van der Waals surface area contributed by atoms with Crippen LogP contribution in [0, 0.1) is 6.92 Å². The summed E-state index contributed by atoms with van der Waals surface area (Å²) in [7, 11) is 0. The smallest absolute Gasteiger partial charge is 0.341 e. The maximum Gasteiger partial charge on any atom is 0.341 e. The van der Waals surface area contributed by atoms with Crippen molar-refractivity contribution in [2.24, 2.45) is 0 Å². The quantitative estimate of drug-likeness (QED) is 0.678. The summed E-state index contributed by atoms with van der Waals surface area (Å²) in [6, 6.07) is 9.54. The van der Waals surface area contributed by atoms with Crippen molar-refractivity contribution in [1.29, 1.82) is 0 Å². The predicted octanol–water partition coefficient (Wildman–Crippen LogP) is 3.48. The number of halogens is 1. The number of nitrogens with zero attached hydrogens (tertiary/aromatic N) is 1. The minimum atomic E-state index is -1.26. The largest absolute Gasteiger partial charge is 0.545 e. The van der Waals surface area contributed by atoms with Gasteiger partial charge in [0.1, 0.15) is 5.56 Å². The molecule has 0 atom stereocenters. The Labute approximate surface area is 160 Å². The molecule has 0 aliphatic carbocycles. The summed E-state index contributed by atoms with van der Waals surface area (Å²) in [6.07, 6.45) is 1.45. The first kappa shape index (κ1) is 18.7. The number of hydrogen-bond donors (Lipinski definition) is 1. The van der Waals surface area contributed by atoms with Gasteiger partial charge in [0.05, 0.1) is 23.8 Å². The second-order valence-corrected chi connectivity index (χ2v) is 6.23. The van der Waals surface area contributed by atoms with Crippen LogP contribution in [0.5, 0.6) is 0 Å². The van der Waals surface area contributed by atoms with Gasteiger partial charge in [-0.1, -0.05) is 23.7 Å². The first-order valence-electron chi connectivity index (χ1n) is 8.25. The number of aromatic nitrogens is 1. The van der Waals surface area contributed by atoms with Crippen molar-refractivity contribution in [3.05, 3.63) is 64.3 Å². The van der Waals surface area contributed by atoms with Gasteiger partial charge in [-0.2, -0.15) is 0 Å². The number of carbonyl (C=O) groups excluding carboxylic acids is 2. The third-order valence-electron chi connectivity index (χ3n) is 4.11. The second-order valence-electron chi connectivity index (χ2n) is 5.83. The molecule has 138 valence electrons. The first-order valence-corrected chi connectivity index (χ1v) is 8.63. The van der Waals surface area contributed by atoms with Crippen LogP contribution >= 0.6 is 11.6 Å². The van der Waals surface area contributed by atoms with Crippen LogP contribution in [0.4, 0.5) is 11.4 Å². The van der Waals surface area contributed by atoms with Gasteiger partial charge in [-0.3, -0.25) is 4.98 Å². The van der Waals surface area contributed by atoms with E-state index in [1.807, 2.05) is 6.92 Å². The fourth-order valence-corrected chi connectivity index (χ4v) is 2.87. The van der Waals surface area contributed by atoms with Crippen LogP contribution in [0.3, 0.4) is 0 Å². The zero-order chi connectivity index (χ0) is 19.6. The number of fused-ring (bicyclic) bond motifs is 1. The zero-order valence-electron chi connectivity index (χ0n) is 14.7. The van der Waals surface area contributed by atoms with Crippen LogP contribution < -0.4 is 10.4 Å². The van der Waals surface area contributed by atoms with Gasteiger partial charge in [0, 0.05) is 22.3 Å². The molecule has 0 saturated carbocycles. The third-order valence-corrected chi connectivity index (χ3v) is 4.52. The lowest BCUT2D eigenvalue weighted by Crippen LogP contribution is -2.21. The number of pyridine rings is 1. The molecule has 3 rings (SSSR count). The minimum absolute atomic E-state index is 0.0633. The summed E-state index contributed by atoms with van der Waals surface area (Å²) in [6.45, 7) is 3.80. The molecule has 0 aliphatic heterocycles. The summed E-state index contributed by atoms with van der Waals surface area (Å²) in [5.41, 5.74) is 2.90. The van der Waals surface area contributed by atoms with Crippen LogP contribution in [0.15, 0.2) is 42.6 Å². The van der Waals surface area contributed by atoms with Crippen LogP contribution in [-0.4, -0.2) is 23.5 Å². The zero-order valence-corrected chi connectivity index (χ0v) is 15.5. The summed E-state index contributed by atoms with van der Waals surface area (Å²) in [5, 5.41) is 15.4. The lowest BCUT2D eigenvalue weighted by Gasteiger charge is -2.16. The van der Waals surface area contributed by atoms with Crippen molar-refractivity contribution in [1.82, 2.24) is 4.98 Å². The summed E-state index contributed by atoms with van der Waals surface area (Å²) < 4.78 is 5.13. The van der Waals surface area contributed by atoms with E-state index in [1.54, 1.807) is 31.2 Å². The Morgan fingerprint density at radius 3 is 2.52 bits per heavy atom. The summed E-state index contributed by atoms with van der Waals surface area (Å²) >= 11 is 6.19. The number of ether oxygens (including phenoxy) is 1. The van der Waals surface area contributed by atoms with E-state index in [0.29, 0.717) is 27.3 Å². The Kier molecular flexibility index (Phi) is 5.28. The number of esters is 1. The van der Waals surface area contributed by atoms with E-state index in [2.05, 4.69) is 10.3 Å². The van der Waals surface area contributed by atoms with Crippen LogP contribution in [0.2, 0.25) is 5.02 Å². The van der Waals surface area contributed by atoms with Gasteiger partial charge in [-0.15, -0.1) is 0 Å². The number of carboxylic acid groups (broad SMARTS) is 1. The predicted molar refractivity (Wildman–Crippen MR) is 102 cm³/mol. The summed E-state index contributed by atoms with van der Waals surface area (Å²) in [5.74, 6) is -1.76.